The van der Waals surface area contributed by atoms with Crippen LogP contribution in [0.5, 0.6) is 0 Å². The molecule has 0 radical (unpaired) electrons. The topological polar surface area (TPSA) is 49.3 Å². The fraction of sp³-hybridized carbons (Fsp3) is 0.522. The zero-order chi connectivity index (χ0) is 19.1. The lowest BCUT2D eigenvalue weighted by atomic mass is 9.94. The van der Waals surface area contributed by atoms with Gasteiger partial charge >= 0.3 is 0 Å². The number of amides is 1. The van der Waals surface area contributed by atoms with Crippen molar-refractivity contribution in [2.24, 2.45) is 5.92 Å². The molecule has 3 aliphatic heterocycles. The fourth-order valence-corrected chi connectivity index (χ4v) is 5.27. The van der Waals surface area contributed by atoms with Crippen LogP contribution in [0.15, 0.2) is 36.7 Å². The van der Waals surface area contributed by atoms with Crippen LogP contribution in [0.25, 0.3) is 0 Å². The Hall–Kier alpha value is -2.27. The molecule has 2 atom stereocenters. The van der Waals surface area contributed by atoms with Crippen molar-refractivity contribution in [1.29, 1.82) is 0 Å². The number of fused-ring (bicyclic) bond motifs is 5. The molecule has 28 heavy (non-hydrogen) atoms. The van der Waals surface area contributed by atoms with E-state index in [4.69, 9.17) is 0 Å². The molecule has 2 aromatic rings. The third-order valence-electron chi connectivity index (χ3n) is 6.82. The van der Waals surface area contributed by atoms with Crippen LogP contribution in [0.2, 0.25) is 0 Å². The minimum atomic E-state index is 0.105. The lowest BCUT2D eigenvalue weighted by Gasteiger charge is -2.36. The summed E-state index contributed by atoms with van der Waals surface area (Å²) in [5.74, 6) is 1.47. The second-order valence-electron chi connectivity index (χ2n) is 8.58. The maximum atomic E-state index is 13.2. The molecule has 0 N–H and O–H groups in total. The van der Waals surface area contributed by atoms with Crippen LogP contribution < -0.4 is 0 Å². The average Bonchev–Trinajstić information content (AvgIpc) is 2.96. The van der Waals surface area contributed by atoms with E-state index >= 15 is 0 Å². The highest BCUT2D eigenvalue weighted by Gasteiger charge is 2.40. The van der Waals surface area contributed by atoms with Crippen LogP contribution in [-0.2, 0) is 19.3 Å². The summed E-state index contributed by atoms with van der Waals surface area (Å²) < 4.78 is 0. The van der Waals surface area contributed by atoms with Crippen molar-refractivity contribution < 1.29 is 4.79 Å². The van der Waals surface area contributed by atoms with E-state index in [1.807, 2.05) is 6.92 Å². The van der Waals surface area contributed by atoms with Gasteiger partial charge in [0.05, 0.1) is 5.56 Å². The van der Waals surface area contributed by atoms with E-state index < -0.39 is 0 Å². The van der Waals surface area contributed by atoms with Gasteiger partial charge in [0.1, 0.15) is 5.82 Å². The molecule has 2 bridgehead atoms. The van der Waals surface area contributed by atoms with Gasteiger partial charge < -0.3 is 4.90 Å². The third kappa shape index (κ3) is 3.22. The number of hydrogen-bond donors (Lipinski definition) is 0. The SMILES string of the molecule is CCc1ncc(C(=O)N2C[C@H]3CC[C@@H]2CN(C2Cc4ccccc4C2)C3)cn1. The molecule has 0 unspecified atom stereocenters. The van der Waals surface area contributed by atoms with Gasteiger partial charge in [-0.05, 0) is 42.7 Å². The predicted molar refractivity (Wildman–Crippen MR) is 108 cm³/mol. The maximum Gasteiger partial charge on any atom is 0.257 e. The number of rotatable bonds is 3. The molecule has 5 heteroatoms. The number of piperidine rings is 1. The first-order valence-corrected chi connectivity index (χ1v) is 10.6. The number of hydrogen-bond acceptors (Lipinski definition) is 4. The summed E-state index contributed by atoms with van der Waals surface area (Å²) in [5, 5.41) is 0. The number of carbonyl (C=O) groups excluding carboxylic acids is 1. The molecule has 5 nitrogen and oxygen atoms in total. The van der Waals surface area contributed by atoms with Crippen LogP contribution in [0.3, 0.4) is 0 Å². The quantitative estimate of drug-likeness (QED) is 0.827. The highest BCUT2D eigenvalue weighted by molar-refractivity contribution is 5.94. The Morgan fingerprint density at radius 2 is 1.71 bits per heavy atom. The first-order chi connectivity index (χ1) is 13.7. The normalized spacial score (nSPS) is 25.0. The molecule has 1 aliphatic carbocycles. The summed E-state index contributed by atoms with van der Waals surface area (Å²) in [6.45, 7) is 5.01. The summed E-state index contributed by atoms with van der Waals surface area (Å²) >= 11 is 0. The van der Waals surface area contributed by atoms with Crippen LogP contribution in [0.4, 0.5) is 0 Å². The number of aromatic nitrogens is 2. The third-order valence-corrected chi connectivity index (χ3v) is 6.82. The van der Waals surface area contributed by atoms with Crippen molar-refractivity contribution >= 4 is 5.91 Å². The highest BCUT2D eigenvalue weighted by atomic mass is 16.2. The highest BCUT2D eigenvalue weighted by Crippen LogP contribution is 2.33. The summed E-state index contributed by atoms with van der Waals surface area (Å²) in [4.78, 5) is 26.6. The second-order valence-corrected chi connectivity index (χ2v) is 8.58. The minimum Gasteiger partial charge on any atom is -0.334 e. The van der Waals surface area contributed by atoms with E-state index in [0.717, 1.165) is 51.1 Å². The number of carbonyl (C=O) groups is 1. The maximum absolute atomic E-state index is 13.2. The van der Waals surface area contributed by atoms with Gasteiger partial charge in [0, 0.05) is 50.5 Å². The smallest absolute Gasteiger partial charge is 0.257 e. The molecule has 4 aliphatic rings. The molecule has 0 spiro atoms. The van der Waals surface area contributed by atoms with Gasteiger partial charge in [0.25, 0.3) is 5.91 Å². The minimum absolute atomic E-state index is 0.105. The average molecular weight is 377 g/mol. The van der Waals surface area contributed by atoms with Crippen LogP contribution in [0.1, 0.15) is 47.1 Å². The van der Waals surface area contributed by atoms with Crippen LogP contribution in [-0.4, -0.2) is 57.4 Å². The van der Waals surface area contributed by atoms with Gasteiger partial charge in [0.2, 0.25) is 0 Å². The number of nitrogens with zero attached hydrogens (tertiary/aromatic N) is 4. The van der Waals surface area contributed by atoms with E-state index in [2.05, 4.69) is 44.0 Å². The van der Waals surface area contributed by atoms with Crippen molar-refractivity contribution in [3.63, 3.8) is 0 Å². The van der Waals surface area contributed by atoms with Gasteiger partial charge in [-0.1, -0.05) is 31.2 Å². The van der Waals surface area contributed by atoms with E-state index in [1.54, 1.807) is 12.4 Å². The fourth-order valence-electron chi connectivity index (χ4n) is 5.27. The molecule has 3 saturated heterocycles. The zero-order valence-corrected chi connectivity index (χ0v) is 16.6. The number of benzene rings is 1. The molecular formula is C23H28N4O. The molecule has 4 heterocycles. The zero-order valence-electron chi connectivity index (χ0n) is 16.6. The predicted octanol–water partition coefficient (Wildman–Crippen LogP) is 2.74. The number of aryl methyl sites for hydroxylation is 1. The Labute approximate surface area is 166 Å². The summed E-state index contributed by atoms with van der Waals surface area (Å²) in [7, 11) is 0. The first-order valence-electron chi connectivity index (χ1n) is 10.6. The second kappa shape index (κ2) is 7.28. The summed E-state index contributed by atoms with van der Waals surface area (Å²) in [6, 6.07) is 9.75. The summed E-state index contributed by atoms with van der Waals surface area (Å²) in [6.07, 6.45) is 8.85. The van der Waals surface area contributed by atoms with Gasteiger partial charge in [-0.3, -0.25) is 9.69 Å². The van der Waals surface area contributed by atoms with Crippen LogP contribution >= 0.6 is 0 Å². The van der Waals surface area contributed by atoms with E-state index in [0.29, 0.717) is 23.6 Å². The van der Waals surface area contributed by atoms with Crippen LogP contribution in [0, 0.1) is 5.92 Å². The lowest BCUT2D eigenvalue weighted by molar-refractivity contribution is 0.0580. The molecule has 1 aromatic carbocycles. The Kier molecular flexibility index (Phi) is 4.63. The van der Waals surface area contributed by atoms with Gasteiger partial charge in [-0.2, -0.15) is 0 Å². The lowest BCUT2D eigenvalue weighted by Crippen LogP contribution is -2.48. The molecular weight excluding hydrogens is 348 g/mol. The Bertz CT molecular complexity index is 840. The van der Waals surface area contributed by atoms with Gasteiger partial charge in [-0.25, -0.2) is 9.97 Å². The molecule has 1 aromatic heterocycles. The van der Waals surface area contributed by atoms with E-state index in [1.165, 1.54) is 17.5 Å². The Balaban J connectivity index is 1.32. The Morgan fingerprint density at radius 1 is 1.00 bits per heavy atom. The van der Waals surface area contributed by atoms with Crippen molar-refractivity contribution in [3.8, 4) is 0 Å². The monoisotopic (exact) mass is 376 g/mol. The van der Waals surface area contributed by atoms with Crippen molar-refractivity contribution in [2.45, 2.75) is 51.1 Å². The van der Waals surface area contributed by atoms with E-state index in [9.17, 15) is 4.79 Å². The van der Waals surface area contributed by atoms with Gasteiger partial charge in [-0.15, -0.1) is 0 Å². The van der Waals surface area contributed by atoms with Crippen molar-refractivity contribution in [3.05, 3.63) is 59.2 Å². The molecule has 3 fully saturated rings. The van der Waals surface area contributed by atoms with Gasteiger partial charge in [0.15, 0.2) is 0 Å². The summed E-state index contributed by atoms with van der Waals surface area (Å²) in [5.41, 5.74) is 3.64. The molecule has 1 amide bonds. The first kappa shape index (κ1) is 17.8. The molecule has 146 valence electrons. The molecule has 0 saturated carbocycles. The Morgan fingerprint density at radius 3 is 2.39 bits per heavy atom. The largest absolute Gasteiger partial charge is 0.334 e. The standard InChI is InChI=1S/C23H28N4O/c1-2-22-24-11-19(12-25-22)23(28)27-14-16-7-8-20(27)15-26(13-16)21-9-17-5-3-4-6-18(17)10-21/h3-6,11-12,16,20-21H,2,7-10,13-15H2,1H3/t16-,20+/m0/s1. The van der Waals surface area contributed by atoms with E-state index in [-0.39, 0.29) is 5.91 Å². The van der Waals surface area contributed by atoms with Crippen molar-refractivity contribution in [1.82, 2.24) is 19.8 Å². The van der Waals surface area contributed by atoms with Crippen molar-refractivity contribution in [2.75, 3.05) is 19.6 Å². The molecule has 6 rings (SSSR count).